The van der Waals surface area contributed by atoms with Crippen LogP contribution < -0.4 is 0 Å². The first-order valence-corrected chi connectivity index (χ1v) is 5.72. The van der Waals surface area contributed by atoms with Crippen LogP contribution in [0.15, 0.2) is 0 Å². The molecule has 4 atom stereocenters. The Morgan fingerprint density at radius 1 is 1.00 bits per heavy atom. The van der Waals surface area contributed by atoms with E-state index in [0.717, 1.165) is 12.1 Å². The van der Waals surface area contributed by atoms with Gasteiger partial charge in [0.2, 0.25) is 0 Å². The standard InChI is InChI=1S/C6H12N2S2/c1-5-3-7(5)9-10-8-4-6(8)2/h5-6H,3-4H2,1-2H3/t5-,6+,7?,8?. The smallest absolute Gasteiger partial charge is 0.0320 e. The third-order valence-corrected chi connectivity index (χ3v) is 4.65. The molecule has 4 heteroatoms. The molecule has 0 bridgehead atoms. The molecule has 2 saturated heterocycles. The van der Waals surface area contributed by atoms with Gasteiger partial charge in [-0.2, -0.15) is 0 Å². The van der Waals surface area contributed by atoms with E-state index in [9.17, 15) is 0 Å². The van der Waals surface area contributed by atoms with Crippen LogP contribution in [0.5, 0.6) is 0 Å². The molecule has 0 aromatic heterocycles. The van der Waals surface area contributed by atoms with Gasteiger partial charge in [0.1, 0.15) is 0 Å². The van der Waals surface area contributed by atoms with E-state index in [0.29, 0.717) is 0 Å². The molecule has 2 unspecified atom stereocenters. The third-order valence-electron chi connectivity index (χ3n) is 1.83. The summed E-state index contributed by atoms with van der Waals surface area (Å²) in [6.45, 7) is 7.08. The molecule has 0 radical (unpaired) electrons. The second-order valence-corrected chi connectivity index (χ2v) is 5.18. The summed E-state index contributed by atoms with van der Waals surface area (Å²) in [5.41, 5.74) is 0. The first-order valence-electron chi connectivity index (χ1n) is 3.65. The van der Waals surface area contributed by atoms with Crippen LogP contribution in [0.1, 0.15) is 13.8 Å². The van der Waals surface area contributed by atoms with E-state index < -0.39 is 0 Å². The molecule has 2 aliphatic rings. The fourth-order valence-electron chi connectivity index (χ4n) is 0.720. The fourth-order valence-corrected chi connectivity index (χ4v) is 3.50. The maximum Gasteiger partial charge on any atom is 0.0320 e. The zero-order valence-corrected chi connectivity index (χ0v) is 7.91. The van der Waals surface area contributed by atoms with Crippen molar-refractivity contribution in [3.05, 3.63) is 0 Å². The normalized spacial score (nSPS) is 51.0. The zero-order valence-electron chi connectivity index (χ0n) is 6.28. The highest BCUT2D eigenvalue weighted by molar-refractivity contribution is 8.75. The Morgan fingerprint density at radius 2 is 1.30 bits per heavy atom. The van der Waals surface area contributed by atoms with Crippen molar-refractivity contribution in [2.24, 2.45) is 0 Å². The van der Waals surface area contributed by atoms with E-state index in [1.54, 1.807) is 0 Å². The maximum absolute atomic E-state index is 2.40. The lowest BCUT2D eigenvalue weighted by Gasteiger charge is -1.99. The Morgan fingerprint density at radius 3 is 1.50 bits per heavy atom. The predicted octanol–water partition coefficient (Wildman–Crippen LogP) is 1.61. The lowest BCUT2D eigenvalue weighted by Crippen LogP contribution is -1.86. The summed E-state index contributed by atoms with van der Waals surface area (Å²) in [6.07, 6.45) is 0. The van der Waals surface area contributed by atoms with E-state index in [1.165, 1.54) is 13.1 Å². The molecule has 2 heterocycles. The molecule has 2 nitrogen and oxygen atoms in total. The Balaban J connectivity index is 1.57. The number of hydrogen-bond acceptors (Lipinski definition) is 4. The second kappa shape index (κ2) is 2.59. The summed E-state index contributed by atoms with van der Waals surface area (Å²) >= 11 is 0. The van der Waals surface area contributed by atoms with Crippen LogP contribution in [0.3, 0.4) is 0 Å². The van der Waals surface area contributed by atoms with Crippen LogP contribution in [0.25, 0.3) is 0 Å². The van der Waals surface area contributed by atoms with Crippen molar-refractivity contribution in [1.82, 2.24) is 8.61 Å². The van der Waals surface area contributed by atoms with Crippen molar-refractivity contribution in [2.45, 2.75) is 25.9 Å². The molecule has 0 aromatic rings. The van der Waals surface area contributed by atoms with Crippen molar-refractivity contribution in [2.75, 3.05) is 13.1 Å². The van der Waals surface area contributed by atoms with Crippen molar-refractivity contribution < 1.29 is 0 Å². The summed E-state index contributed by atoms with van der Waals surface area (Å²) in [7, 11) is 3.80. The van der Waals surface area contributed by atoms with Gasteiger partial charge in [-0.25, -0.2) is 8.61 Å². The highest BCUT2D eigenvalue weighted by atomic mass is 33.1. The highest BCUT2D eigenvalue weighted by Crippen LogP contribution is 2.42. The van der Waals surface area contributed by atoms with Crippen molar-refractivity contribution in [3.8, 4) is 0 Å². The van der Waals surface area contributed by atoms with Gasteiger partial charge in [0, 0.05) is 47.1 Å². The summed E-state index contributed by atoms with van der Waals surface area (Å²) in [6, 6.07) is 1.65. The minimum Gasteiger partial charge on any atom is -0.234 e. The molecule has 0 spiro atoms. The monoisotopic (exact) mass is 176 g/mol. The van der Waals surface area contributed by atoms with Crippen LogP contribution in [0.4, 0.5) is 0 Å². The number of rotatable bonds is 3. The SMILES string of the molecule is C[C@@H]1CN1SSN1C[C@@H]1C. The minimum absolute atomic E-state index is 0.827. The van der Waals surface area contributed by atoms with Gasteiger partial charge in [0.25, 0.3) is 0 Å². The maximum atomic E-state index is 2.40. The van der Waals surface area contributed by atoms with E-state index in [2.05, 4.69) is 22.5 Å². The number of hydrogen-bond donors (Lipinski definition) is 0. The van der Waals surface area contributed by atoms with Gasteiger partial charge in [0.05, 0.1) is 0 Å². The van der Waals surface area contributed by atoms with Crippen LogP contribution in [-0.2, 0) is 0 Å². The quantitative estimate of drug-likeness (QED) is 0.366. The average Bonchev–Trinajstić information content (AvgIpc) is 2.71. The lowest BCUT2D eigenvalue weighted by molar-refractivity contribution is 0.844. The third kappa shape index (κ3) is 1.61. The van der Waals surface area contributed by atoms with Crippen molar-refractivity contribution in [1.29, 1.82) is 0 Å². The van der Waals surface area contributed by atoms with Gasteiger partial charge in [-0.15, -0.1) is 0 Å². The second-order valence-electron chi connectivity index (χ2n) is 3.05. The minimum atomic E-state index is 0.827. The molecule has 0 amide bonds. The highest BCUT2D eigenvalue weighted by Gasteiger charge is 2.35. The van der Waals surface area contributed by atoms with E-state index in [4.69, 9.17) is 0 Å². The molecule has 0 saturated carbocycles. The molecule has 0 aromatic carbocycles. The molecule has 2 fully saturated rings. The van der Waals surface area contributed by atoms with Crippen LogP contribution in [0, 0.1) is 0 Å². The predicted molar refractivity (Wildman–Crippen MR) is 47.5 cm³/mol. The largest absolute Gasteiger partial charge is 0.234 e. The summed E-state index contributed by atoms with van der Waals surface area (Å²) in [4.78, 5) is 0. The Kier molecular flexibility index (Phi) is 1.88. The molecule has 0 aliphatic carbocycles. The molecule has 0 N–H and O–H groups in total. The van der Waals surface area contributed by atoms with Gasteiger partial charge >= 0.3 is 0 Å². The first-order chi connectivity index (χ1) is 4.77. The summed E-state index contributed by atoms with van der Waals surface area (Å²) < 4.78 is 4.80. The van der Waals surface area contributed by atoms with Gasteiger partial charge in [-0.1, -0.05) is 0 Å². The fraction of sp³-hybridized carbons (Fsp3) is 1.00. The van der Waals surface area contributed by atoms with E-state index in [-0.39, 0.29) is 0 Å². The molecule has 2 aliphatic heterocycles. The Hall–Kier alpha value is 0.620. The summed E-state index contributed by atoms with van der Waals surface area (Å²) in [5.74, 6) is 0. The molecule has 2 rings (SSSR count). The Labute approximate surface area is 70.0 Å². The van der Waals surface area contributed by atoms with E-state index >= 15 is 0 Å². The van der Waals surface area contributed by atoms with Gasteiger partial charge < -0.3 is 0 Å². The van der Waals surface area contributed by atoms with Crippen molar-refractivity contribution in [3.63, 3.8) is 0 Å². The molecular weight excluding hydrogens is 164 g/mol. The Bertz CT molecular complexity index is 126. The van der Waals surface area contributed by atoms with Gasteiger partial charge in [-0.05, 0) is 13.8 Å². The van der Waals surface area contributed by atoms with Crippen LogP contribution in [-0.4, -0.2) is 33.8 Å². The topological polar surface area (TPSA) is 6.02 Å². The zero-order chi connectivity index (χ0) is 7.14. The van der Waals surface area contributed by atoms with Gasteiger partial charge in [0.15, 0.2) is 0 Å². The summed E-state index contributed by atoms with van der Waals surface area (Å²) in [5, 5.41) is 0. The van der Waals surface area contributed by atoms with Gasteiger partial charge in [-0.3, -0.25) is 0 Å². The number of nitrogens with zero attached hydrogens (tertiary/aromatic N) is 2. The molecule has 58 valence electrons. The van der Waals surface area contributed by atoms with E-state index in [1.807, 2.05) is 22.0 Å². The lowest BCUT2D eigenvalue weighted by atomic mass is 10.6. The van der Waals surface area contributed by atoms with Crippen LogP contribution in [0.2, 0.25) is 0 Å². The average molecular weight is 176 g/mol. The molecular formula is C6H12N2S2. The van der Waals surface area contributed by atoms with Crippen molar-refractivity contribution >= 4 is 22.0 Å². The molecule has 10 heavy (non-hydrogen) atoms. The van der Waals surface area contributed by atoms with Crippen LogP contribution >= 0.6 is 22.0 Å². The first kappa shape index (κ1) is 7.28.